The van der Waals surface area contributed by atoms with Gasteiger partial charge in [-0.05, 0) is 131 Å². The fourth-order valence-electron chi connectivity index (χ4n) is 11.3. The van der Waals surface area contributed by atoms with Gasteiger partial charge in [-0.25, -0.2) is 9.36 Å². The number of aliphatic carboxylic acids is 4. The van der Waals surface area contributed by atoms with Gasteiger partial charge in [0, 0.05) is 38.8 Å². The molecule has 0 saturated heterocycles. The number of phosphoric acid groups is 1. The Morgan fingerprint density at radius 2 is 0.748 bits per heavy atom. The average Bonchev–Trinajstić information content (AvgIpc) is 0.841. The van der Waals surface area contributed by atoms with E-state index in [4.69, 9.17) is 33.8 Å². The molecular formula is C72H108N19O27P. The van der Waals surface area contributed by atoms with Crippen LogP contribution in [0.1, 0.15) is 121 Å². The van der Waals surface area contributed by atoms with E-state index >= 15 is 0 Å². The zero-order valence-electron chi connectivity index (χ0n) is 65.5. The van der Waals surface area contributed by atoms with Crippen molar-refractivity contribution in [3.63, 3.8) is 0 Å². The van der Waals surface area contributed by atoms with Gasteiger partial charge in [0.1, 0.15) is 89.8 Å². The van der Waals surface area contributed by atoms with Crippen LogP contribution in [-0.4, -0.2) is 256 Å². The largest absolute Gasteiger partial charge is 0.524 e. The molecule has 0 saturated carbocycles. The minimum atomic E-state index is -5.12. The van der Waals surface area contributed by atoms with E-state index in [2.05, 4.69) is 73.6 Å². The van der Waals surface area contributed by atoms with Crippen LogP contribution in [0.4, 0.5) is 0 Å². The molecule has 0 aliphatic heterocycles. The number of unbranched alkanes of at least 4 members (excludes halogenated alkanes) is 1. The lowest BCUT2D eigenvalue weighted by molar-refractivity contribution is -0.143. The quantitative estimate of drug-likeness (QED) is 0.0108. The van der Waals surface area contributed by atoms with E-state index in [9.17, 15) is 127 Å². The summed E-state index contributed by atoms with van der Waals surface area (Å²) in [5, 5.41) is 127. The van der Waals surface area contributed by atoms with Crippen LogP contribution >= 0.6 is 7.82 Å². The van der Waals surface area contributed by atoms with Crippen molar-refractivity contribution in [3.8, 4) is 17.2 Å². The number of amides is 11. The number of benzene rings is 3. The van der Waals surface area contributed by atoms with Crippen LogP contribution in [0.15, 0.2) is 72.8 Å². The predicted octanol–water partition coefficient (Wildman–Crippen LogP) is -6.38. The number of aliphatic hydroxyl groups is 2. The van der Waals surface area contributed by atoms with E-state index in [1.807, 2.05) is 0 Å². The summed E-state index contributed by atoms with van der Waals surface area (Å²) in [6.45, 7) is 5.27. The second kappa shape index (κ2) is 50.3. The molecule has 0 unspecified atom stereocenters. The van der Waals surface area contributed by atoms with Gasteiger partial charge in [-0.2, -0.15) is 0 Å². The standard InChI is InChI=1S/C72H108N19O27P/c1-5-35(2)57(90-66(109)52(34-55(100)101)87-60(103)45(12-9-29-80-72(77)78)83-67(110)56(74)36(3)92)68(111)88-50(31-39-15-21-42(95)22-16-39)63(106)82-46(25-26-53(96)97)61(104)91-58(37(4)93)69(112)89-51(33-54(98)99)65(108)86-49(30-38-13-19-41(94)20-14-38)64(107)85-48(32-40-17-23-43(24-18-40)118-119(115,116)117)62(105)81-44(11-8-28-79-71(75)76)59(102)84-47(70(113)114)10-6-7-27-73/h13-24,35-37,44-52,56-58,92-95H,5-12,25-34,73-74H2,1-4H3,(H,81,105)(H,82,106)(H,83,110)(H,84,102)(H,85,107)(H,86,108)(H,87,103)(H,88,111)(H,89,112)(H,90,109)(H,91,104)(H,96,97)(H,98,99)(H,100,101)(H,113,114)(H4,75,76,79)(H4,77,78,80)(H2,115,116,117)/t35-,36+,37+,44-,45-,46-,47-,48-,49-,50-,51-,52-,56-,57-,58-/m0/s1. The molecule has 3 rings (SSSR count). The Balaban J connectivity index is 2.11. The summed E-state index contributed by atoms with van der Waals surface area (Å²) in [7, 11) is -5.12. The minimum absolute atomic E-state index is 0.00712. The lowest BCUT2D eigenvalue weighted by Crippen LogP contribution is -2.63. The van der Waals surface area contributed by atoms with Gasteiger partial charge in [0.15, 0.2) is 11.9 Å². The van der Waals surface area contributed by atoms with Gasteiger partial charge in [0.2, 0.25) is 65.0 Å². The van der Waals surface area contributed by atoms with Crippen LogP contribution in [0.3, 0.4) is 0 Å². The highest BCUT2D eigenvalue weighted by Crippen LogP contribution is 2.37. The number of aliphatic hydroxyl groups excluding tert-OH is 2. The molecule has 46 nitrogen and oxygen atoms in total. The van der Waals surface area contributed by atoms with Crippen LogP contribution in [0.2, 0.25) is 0 Å². The summed E-state index contributed by atoms with van der Waals surface area (Å²) in [6.07, 6.45) is -9.19. The van der Waals surface area contributed by atoms with Crippen molar-refractivity contribution in [2.45, 2.75) is 209 Å². The first-order valence-corrected chi connectivity index (χ1v) is 38.9. The van der Waals surface area contributed by atoms with Crippen LogP contribution in [0.25, 0.3) is 0 Å². The molecule has 119 heavy (non-hydrogen) atoms. The number of guanidine groups is 2. The SMILES string of the molecule is CC[C@H](C)[C@H](NC(=O)[C@H](CC(=O)O)NC(=O)[C@H](CCCNC(=N)N)NC(=O)[C@@H](N)[C@@H](C)O)C(=O)N[C@@H](Cc1ccc(O)cc1)C(=O)N[C@@H](CCC(=O)O)C(=O)N[C@H](C(=O)N[C@@H](CC(=O)O)C(=O)N[C@@H](Cc1ccc(O)cc1)C(=O)N[C@@H](Cc1ccc(OP(=O)(O)O)cc1)C(=O)N[C@@H](CCCNC(=N)N)C(=O)N[C@@H](CCCCN)C(=O)O)[C@@H](C)O. The number of phosphoric ester groups is 1. The van der Waals surface area contributed by atoms with Crippen molar-refractivity contribution >= 4 is 109 Å². The summed E-state index contributed by atoms with van der Waals surface area (Å²) in [4.78, 5) is 226. The van der Waals surface area contributed by atoms with Gasteiger partial charge in [0.25, 0.3) is 0 Å². The van der Waals surface area contributed by atoms with Crippen molar-refractivity contribution in [3.05, 3.63) is 89.5 Å². The first kappa shape index (κ1) is 101. The van der Waals surface area contributed by atoms with Crippen molar-refractivity contribution in [2.75, 3.05) is 19.6 Å². The van der Waals surface area contributed by atoms with Crippen LogP contribution in [-0.2, 0) is 95.7 Å². The number of hydrogen-bond acceptors (Lipinski definition) is 25. The Morgan fingerprint density at radius 1 is 0.420 bits per heavy atom. The number of carbonyl (C=O) groups excluding carboxylic acids is 11. The van der Waals surface area contributed by atoms with Crippen LogP contribution < -0.4 is 96.6 Å². The molecule has 15 atom stereocenters. The van der Waals surface area contributed by atoms with Crippen molar-refractivity contribution in [1.29, 1.82) is 10.8 Å². The Morgan fingerprint density at radius 3 is 1.13 bits per heavy atom. The maximum absolute atomic E-state index is 14.9. The number of nitrogens with two attached hydrogens (primary N) is 4. The molecule has 0 fully saturated rings. The molecule has 0 spiro atoms. The topological polar surface area (TPSA) is 793 Å². The van der Waals surface area contributed by atoms with Crippen LogP contribution in [0.5, 0.6) is 17.2 Å². The zero-order valence-corrected chi connectivity index (χ0v) is 66.4. The third-order valence-electron chi connectivity index (χ3n) is 18.0. The van der Waals surface area contributed by atoms with E-state index in [0.717, 1.165) is 19.1 Å². The van der Waals surface area contributed by atoms with Gasteiger partial charge < -0.3 is 137 Å². The molecular weight excluding hydrogens is 1590 g/mol. The normalized spacial score (nSPS) is 14.9. The van der Waals surface area contributed by atoms with Gasteiger partial charge in [0.05, 0.1) is 25.0 Å². The lowest BCUT2D eigenvalue weighted by atomic mass is 9.96. The molecule has 3 aromatic carbocycles. The molecule has 0 bridgehead atoms. The fraction of sp³-hybridized carbons (Fsp3) is 0.514. The van der Waals surface area contributed by atoms with E-state index < -0.39 is 244 Å². The summed E-state index contributed by atoms with van der Waals surface area (Å²) >= 11 is 0. The highest BCUT2D eigenvalue weighted by molar-refractivity contribution is 7.46. The zero-order chi connectivity index (χ0) is 89.6. The molecule has 0 heterocycles. The number of carbonyl (C=O) groups is 15. The molecule has 0 radical (unpaired) electrons. The van der Waals surface area contributed by atoms with Crippen molar-refractivity contribution < 1.29 is 132 Å². The molecule has 0 aliphatic carbocycles. The average molecular weight is 1700 g/mol. The number of aromatic hydroxyl groups is 2. The molecule has 0 aromatic heterocycles. The Kier molecular flexibility index (Phi) is 42.6. The first-order valence-electron chi connectivity index (χ1n) is 37.4. The number of hydrogen-bond donors (Lipinski definition) is 29. The highest BCUT2D eigenvalue weighted by Gasteiger charge is 2.40. The van der Waals surface area contributed by atoms with Gasteiger partial charge in [-0.15, -0.1) is 0 Å². The number of phenolic OH excluding ortho intramolecular Hbond substituents is 2. The highest BCUT2D eigenvalue weighted by atomic mass is 31.2. The lowest BCUT2D eigenvalue weighted by Gasteiger charge is -2.30. The Hall–Kier alpha value is -12.4. The van der Waals surface area contributed by atoms with Gasteiger partial charge >= 0.3 is 31.7 Å². The molecule has 11 amide bonds. The smallest absolute Gasteiger partial charge is 0.508 e. The second-order valence-electron chi connectivity index (χ2n) is 27.8. The molecule has 33 N–H and O–H groups in total. The second-order valence-corrected chi connectivity index (χ2v) is 29.0. The van der Waals surface area contributed by atoms with E-state index in [-0.39, 0.29) is 98.5 Å². The van der Waals surface area contributed by atoms with Crippen LogP contribution in [0, 0.1) is 16.7 Å². The first-order chi connectivity index (χ1) is 55.8. The van der Waals surface area contributed by atoms with E-state index in [1.165, 1.54) is 74.5 Å². The third-order valence-corrected chi connectivity index (χ3v) is 18.5. The maximum atomic E-state index is 14.9. The van der Waals surface area contributed by atoms with Crippen molar-refractivity contribution in [1.82, 2.24) is 69.1 Å². The maximum Gasteiger partial charge on any atom is 0.524 e. The summed E-state index contributed by atoms with van der Waals surface area (Å²) in [5.74, 6) is -23.0. The van der Waals surface area contributed by atoms with E-state index in [0.29, 0.717) is 6.42 Å². The van der Waals surface area contributed by atoms with Crippen molar-refractivity contribution in [2.24, 2.45) is 28.9 Å². The fourth-order valence-corrected chi connectivity index (χ4v) is 11.7. The molecule has 0 aliphatic rings. The monoisotopic (exact) mass is 1700 g/mol. The predicted molar refractivity (Wildman–Crippen MR) is 419 cm³/mol. The summed E-state index contributed by atoms with van der Waals surface area (Å²) in [5.41, 5.74) is 22.6. The summed E-state index contributed by atoms with van der Waals surface area (Å²) in [6, 6.07) is -7.65. The van der Waals surface area contributed by atoms with E-state index in [1.54, 1.807) is 6.92 Å². The van der Waals surface area contributed by atoms with Gasteiger partial charge in [-0.1, -0.05) is 56.7 Å². The Bertz CT molecular complexity index is 4050. The number of rotatable bonds is 54. The molecule has 658 valence electrons. The van der Waals surface area contributed by atoms with Gasteiger partial charge in [-0.3, -0.25) is 87.7 Å². The number of carboxylic acid groups (broad SMARTS) is 4. The minimum Gasteiger partial charge on any atom is -0.508 e. The third kappa shape index (κ3) is 38.1. The molecule has 47 heteroatoms. The molecule has 3 aromatic rings. The number of carboxylic acids is 4. The number of phenols is 2. The Labute approximate surface area is 681 Å². The summed E-state index contributed by atoms with van der Waals surface area (Å²) < 4.78 is 16.3. The number of nitrogens with one attached hydrogen (secondary N) is 15.